The van der Waals surface area contributed by atoms with Crippen molar-refractivity contribution >= 4 is 15.9 Å². The van der Waals surface area contributed by atoms with Crippen LogP contribution in [0.15, 0.2) is 29.0 Å². The Morgan fingerprint density at radius 2 is 1.12 bits per heavy atom. The van der Waals surface area contributed by atoms with Crippen molar-refractivity contribution in [2.75, 3.05) is 0 Å². The maximum absolute atomic E-state index is 3.53. The fourth-order valence-electron chi connectivity index (χ4n) is 3.47. The van der Waals surface area contributed by atoms with Gasteiger partial charge in [-0.2, -0.15) is 0 Å². The molecule has 1 aromatic rings. The molecule has 0 bridgehead atoms. The summed E-state index contributed by atoms with van der Waals surface area (Å²) in [6, 6.07) is 4.20. The molecule has 0 atom stereocenters. The van der Waals surface area contributed by atoms with Gasteiger partial charge in [-0.05, 0) is 28.4 Å². The lowest BCUT2D eigenvalue weighted by molar-refractivity contribution is -0.698. The van der Waals surface area contributed by atoms with Crippen molar-refractivity contribution in [3.05, 3.63) is 29.0 Å². The van der Waals surface area contributed by atoms with Crippen molar-refractivity contribution in [2.24, 2.45) is 0 Å². The third kappa shape index (κ3) is 14.5. The maximum Gasteiger partial charge on any atom is 0.183 e. The maximum atomic E-state index is 3.53. The zero-order chi connectivity index (χ0) is 18.0. The largest absolute Gasteiger partial charge is 0.204 e. The van der Waals surface area contributed by atoms with Gasteiger partial charge < -0.3 is 0 Å². The lowest BCUT2D eigenvalue weighted by Crippen LogP contribution is -2.32. The molecule has 0 N–H and O–H groups in total. The highest BCUT2D eigenvalue weighted by molar-refractivity contribution is 9.10. The Morgan fingerprint density at radius 1 is 0.680 bits per heavy atom. The van der Waals surface area contributed by atoms with Crippen LogP contribution in [0.1, 0.15) is 110 Å². The number of aromatic nitrogens is 1. The van der Waals surface area contributed by atoms with Crippen LogP contribution in [-0.4, -0.2) is 0 Å². The molecule has 1 aromatic heterocycles. The van der Waals surface area contributed by atoms with Crippen LogP contribution < -0.4 is 4.57 Å². The minimum absolute atomic E-state index is 1.15. The number of hydrogen-bond acceptors (Lipinski definition) is 0. The molecular weight excluding hydrogens is 370 g/mol. The Kier molecular flexibility index (Phi) is 15.5. The molecular formula is C23H41BrN+. The van der Waals surface area contributed by atoms with Crippen molar-refractivity contribution in [3.8, 4) is 0 Å². The molecule has 1 rings (SSSR count). The minimum Gasteiger partial charge on any atom is -0.204 e. The first-order valence-electron chi connectivity index (χ1n) is 11.0. The summed E-state index contributed by atoms with van der Waals surface area (Å²) < 4.78 is 3.46. The summed E-state index contributed by atoms with van der Waals surface area (Å²) in [7, 11) is 0. The average Bonchev–Trinajstić information content (AvgIpc) is 2.61. The number of hydrogen-bond donors (Lipinski definition) is 0. The van der Waals surface area contributed by atoms with E-state index in [9.17, 15) is 0 Å². The molecule has 1 heterocycles. The van der Waals surface area contributed by atoms with Crippen LogP contribution in [0, 0.1) is 0 Å². The zero-order valence-corrected chi connectivity index (χ0v) is 18.2. The Bertz CT molecular complexity index is 405. The summed E-state index contributed by atoms with van der Waals surface area (Å²) >= 11 is 3.53. The van der Waals surface area contributed by atoms with Crippen molar-refractivity contribution in [3.63, 3.8) is 0 Å². The lowest BCUT2D eigenvalue weighted by atomic mass is 10.0. The average molecular weight is 411 g/mol. The number of rotatable bonds is 17. The summed E-state index contributed by atoms with van der Waals surface area (Å²) in [6.07, 6.45) is 27.3. The smallest absolute Gasteiger partial charge is 0.183 e. The molecule has 0 aliphatic rings. The third-order valence-corrected chi connectivity index (χ3v) is 5.56. The first kappa shape index (κ1) is 22.7. The van der Waals surface area contributed by atoms with Gasteiger partial charge in [-0.15, -0.1) is 0 Å². The molecule has 0 radical (unpaired) electrons. The van der Waals surface area contributed by atoms with Gasteiger partial charge in [0, 0.05) is 12.5 Å². The van der Waals surface area contributed by atoms with E-state index in [1.165, 1.54) is 107 Å². The zero-order valence-electron chi connectivity index (χ0n) is 16.7. The van der Waals surface area contributed by atoms with Crippen LogP contribution in [-0.2, 0) is 6.54 Å². The van der Waals surface area contributed by atoms with Gasteiger partial charge in [-0.3, -0.25) is 0 Å². The van der Waals surface area contributed by atoms with Gasteiger partial charge in [-0.1, -0.05) is 96.8 Å². The highest BCUT2D eigenvalue weighted by atomic mass is 79.9. The second-order valence-electron chi connectivity index (χ2n) is 7.56. The second kappa shape index (κ2) is 17.1. The van der Waals surface area contributed by atoms with E-state index >= 15 is 0 Å². The summed E-state index contributed by atoms with van der Waals surface area (Å²) in [6.45, 7) is 3.45. The Balaban J connectivity index is 1.75. The Morgan fingerprint density at radius 3 is 1.56 bits per heavy atom. The van der Waals surface area contributed by atoms with Gasteiger partial charge in [0.15, 0.2) is 12.4 Å². The van der Waals surface area contributed by atoms with Gasteiger partial charge >= 0.3 is 0 Å². The molecule has 25 heavy (non-hydrogen) atoms. The van der Waals surface area contributed by atoms with Gasteiger partial charge in [-0.25, -0.2) is 4.57 Å². The number of halogens is 1. The molecule has 0 aromatic carbocycles. The normalized spacial score (nSPS) is 11.1. The van der Waals surface area contributed by atoms with Crippen molar-refractivity contribution in [1.29, 1.82) is 0 Å². The molecule has 0 saturated heterocycles. The summed E-state index contributed by atoms with van der Waals surface area (Å²) in [5.41, 5.74) is 0. The van der Waals surface area contributed by atoms with E-state index in [1.807, 2.05) is 0 Å². The number of aryl methyl sites for hydroxylation is 1. The predicted molar refractivity (Wildman–Crippen MR) is 114 cm³/mol. The molecule has 1 nitrogen and oxygen atoms in total. The second-order valence-corrected chi connectivity index (χ2v) is 8.48. The first-order chi connectivity index (χ1) is 12.3. The highest BCUT2D eigenvalue weighted by Gasteiger charge is 2.00. The van der Waals surface area contributed by atoms with Crippen LogP contribution in [0.4, 0.5) is 0 Å². The molecule has 0 saturated carbocycles. The molecule has 0 unspecified atom stereocenters. The molecule has 0 spiro atoms. The first-order valence-corrected chi connectivity index (χ1v) is 11.8. The van der Waals surface area contributed by atoms with Crippen molar-refractivity contribution in [2.45, 2.75) is 116 Å². The molecule has 0 aliphatic heterocycles. The van der Waals surface area contributed by atoms with E-state index < -0.39 is 0 Å². The fourth-order valence-corrected chi connectivity index (χ4v) is 3.89. The Labute approximate surface area is 165 Å². The highest BCUT2D eigenvalue weighted by Crippen LogP contribution is 2.13. The summed E-state index contributed by atoms with van der Waals surface area (Å²) in [4.78, 5) is 0. The SMILES string of the molecule is CCCCCCCCCCCCCCCCCC[n+]1cccc(Br)c1. The number of nitrogens with zero attached hydrogens (tertiary/aromatic N) is 1. The van der Waals surface area contributed by atoms with Gasteiger partial charge in [0.1, 0.15) is 6.54 Å². The fraction of sp³-hybridized carbons (Fsp3) is 0.783. The summed E-state index contributed by atoms with van der Waals surface area (Å²) in [5.74, 6) is 0. The topological polar surface area (TPSA) is 3.88 Å². The van der Waals surface area contributed by atoms with Crippen LogP contribution in [0.25, 0.3) is 0 Å². The molecule has 0 aliphatic carbocycles. The standard InChI is InChI=1S/C23H41BrN/c1-2-3-4-5-6-7-8-9-10-11-12-13-14-15-16-17-20-25-21-18-19-23(24)22-25/h18-19,21-22H,2-17,20H2,1H3/q+1. The van der Waals surface area contributed by atoms with Gasteiger partial charge in [0.25, 0.3) is 0 Å². The van der Waals surface area contributed by atoms with E-state index in [1.54, 1.807) is 0 Å². The molecule has 144 valence electrons. The van der Waals surface area contributed by atoms with Gasteiger partial charge in [0.05, 0.1) is 4.47 Å². The quantitative estimate of drug-likeness (QED) is 0.181. The number of unbranched alkanes of at least 4 members (excludes halogenated alkanes) is 15. The number of pyridine rings is 1. The van der Waals surface area contributed by atoms with E-state index in [-0.39, 0.29) is 0 Å². The predicted octanol–water partition coefficient (Wildman–Crippen LogP) is 8.00. The van der Waals surface area contributed by atoms with Crippen LogP contribution in [0.3, 0.4) is 0 Å². The third-order valence-electron chi connectivity index (χ3n) is 5.09. The molecule has 0 fully saturated rings. The lowest BCUT2D eigenvalue weighted by Gasteiger charge is -2.03. The monoisotopic (exact) mass is 410 g/mol. The van der Waals surface area contributed by atoms with E-state index in [0.717, 1.165) is 6.54 Å². The van der Waals surface area contributed by atoms with Crippen LogP contribution in [0.2, 0.25) is 0 Å². The molecule has 2 heteroatoms. The van der Waals surface area contributed by atoms with Gasteiger partial charge in [0.2, 0.25) is 0 Å². The minimum atomic E-state index is 1.15. The van der Waals surface area contributed by atoms with E-state index in [0.29, 0.717) is 0 Å². The van der Waals surface area contributed by atoms with Crippen molar-refractivity contribution < 1.29 is 4.57 Å². The van der Waals surface area contributed by atoms with E-state index in [4.69, 9.17) is 0 Å². The van der Waals surface area contributed by atoms with Crippen LogP contribution in [0.5, 0.6) is 0 Å². The Hall–Kier alpha value is -0.370. The molecule has 0 amide bonds. The van der Waals surface area contributed by atoms with Crippen LogP contribution >= 0.6 is 15.9 Å². The van der Waals surface area contributed by atoms with E-state index in [2.05, 4.69) is 51.9 Å². The summed E-state index contributed by atoms with van der Waals surface area (Å²) in [5, 5.41) is 0. The van der Waals surface area contributed by atoms with Crippen molar-refractivity contribution in [1.82, 2.24) is 0 Å².